The van der Waals surface area contributed by atoms with Gasteiger partial charge in [-0.05, 0) is 42.8 Å². The fraction of sp³-hybridized carbons (Fsp3) is 0.375. The van der Waals surface area contributed by atoms with Crippen LogP contribution in [0, 0.1) is 0 Å². The third-order valence-corrected chi connectivity index (χ3v) is 6.75. The molecule has 1 aliphatic rings. The highest BCUT2D eigenvalue weighted by Crippen LogP contribution is 2.33. The lowest BCUT2D eigenvalue weighted by Crippen LogP contribution is -2.47. The highest BCUT2D eigenvalue weighted by molar-refractivity contribution is 7.80. The lowest BCUT2D eigenvalue weighted by Gasteiger charge is -2.40. The van der Waals surface area contributed by atoms with Crippen molar-refractivity contribution in [2.24, 2.45) is 0 Å². The van der Waals surface area contributed by atoms with Crippen LogP contribution in [0.1, 0.15) is 30.9 Å². The molecule has 1 aliphatic heterocycles. The number of benzene rings is 2. The average molecular weight is 471 g/mol. The van der Waals surface area contributed by atoms with Gasteiger partial charge >= 0.3 is 6.09 Å². The van der Waals surface area contributed by atoms with Crippen LogP contribution in [0.5, 0.6) is 0 Å². The molecule has 0 spiro atoms. The number of hydrogen-bond acceptors (Lipinski definition) is 6. The molecule has 4 rings (SSSR count). The highest BCUT2D eigenvalue weighted by Gasteiger charge is 2.29. The largest absolute Gasteiger partial charge is 0.755 e. The maximum Gasteiger partial charge on any atom is 0.409 e. The third kappa shape index (κ3) is 5.38. The van der Waals surface area contributed by atoms with Gasteiger partial charge in [-0.1, -0.05) is 30.3 Å². The molecular formula is C24H28N3O5S-. The standard InChI is InChI=1S/C24H29N3O5S/c1-2-32-24(28)26-12-9-20(10-13-26)27(33(29)30)23-8-7-19(21-5-3-4-6-22(21)23)16-25-15-18-11-14-31-17-18/h3-8,11,14,17,20,25H,2,9-10,12-13,15-16H2,1H3,(H,29,30)/p-1. The first-order valence-corrected chi connectivity index (χ1v) is 12.1. The summed E-state index contributed by atoms with van der Waals surface area (Å²) >= 11 is -2.44. The van der Waals surface area contributed by atoms with Crippen LogP contribution >= 0.6 is 0 Å². The molecule has 2 aromatic carbocycles. The molecule has 2 heterocycles. The monoisotopic (exact) mass is 470 g/mol. The number of fused-ring (bicyclic) bond motifs is 1. The van der Waals surface area contributed by atoms with Gasteiger partial charge in [0.05, 0.1) is 24.8 Å². The molecule has 1 atom stereocenters. The highest BCUT2D eigenvalue weighted by atomic mass is 32.2. The van der Waals surface area contributed by atoms with Crippen LogP contribution in [0.3, 0.4) is 0 Å². The molecule has 0 bridgehead atoms. The number of amides is 1. The molecule has 0 radical (unpaired) electrons. The number of piperidine rings is 1. The normalized spacial score (nSPS) is 15.5. The van der Waals surface area contributed by atoms with Crippen molar-refractivity contribution in [1.29, 1.82) is 0 Å². The van der Waals surface area contributed by atoms with Crippen molar-refractivity contribution in [2.75, 3.05) is 24.0 Å². The van der Waals surface area contributed by atoms with E-state index in [1.54, 1.807) is 24.3 Å². The van der Waals surface area contributed by atoms with Crippen molar-refractivity contribution in [3.63, 3.8) is 0 Å². The molecule has 1 fully saturated rings. The van der Waals surface area contributed by atoms with Crippen LogP contribution in [-0.4, -0.2) is 45.5 Å². The van der Waals surface area contributed by atoms with Crippen molar-refractivity contribution in [3.8, 4) is 0 Å². The number of rotatable bonds is 8. The molecule has 33 heavy (non-hydrogen) atoms. The third-order valence-electron chi connectivity index (χ3n) is 5.94. The van der Waals surface area contributed by atoms with Gasteiger partial charge in [0, 0.05) is 54.4 Å². The van der Waals surface area contributed by atoms with Crippen molar-refractivity contribution >= 4 is 33.8 Å². The number of carbonyl (C=O) groups is 1. The zero-order chi connectivity index (χ0) is 23.2. The molecular weight excluding hydrogens is 442 g/mol. The van der Waals surface area contributed by atoms with E-state index in [0.717, 1.165) is 21.9 Å². The van der Waals surface area contributed by atoms with Gasteiger partial charge in [-0.2, -0.15) is 0 Å². The summed E-state index contributed by atoms with van der Waals surface area (Å²) in [7, 11) is 0. The summed E-state index contributed by atoms with van der Waals surface area (Å²) in [5.74, 6) is 0. The number of nitrogens with one attached hydrogen (secondary N) is 1. The molecule has 1 amide bonds. The smallest absolute Gasteiger partial charge is 0.409 e. The van der Waals surface area contributed by atoms with Crippen LogP contribution < -0.4 is 9.62 Å². The Morgan fingerprint density at radius 1 is 1.18 bits per heavy atom. The Labute approximate surface area is 195 Å². The number of nitrogens with zero attached hydrogens (tertiary/aromatic N) is 2. The number of ether oxygens (including phenoxy) is 1. The zero-order valence-electron chi connectivity index (χ0n) is 18.6. The van der Waals surface area contributed by atoms with Gasteiger partial charge in [0.1, 0.15) is 0 Å². The van der Waals surface area contributed by atoms with E-state index in [-0.39, 0.29) is 12.1 Å². The molecule has 3 aromatic rings. The number of furan rings is 1. The van der Waals surface area contributed by atoms with Crippen LogP contribution in [0.2, 0.25) is 0 Å². The van der Waals surface area contributed by atoms with Crippen molar-refractivity contribution in [2.45, 2.75) is 38.9 Å². The fourth-order valence-corrected chi connectivity index (χ4v) is 5.10. The van der Waals surface area contributed by atoms with Gasteiger partial charge < -0.3 is 23.9 Å². The van der Waals surface area contributed by atoms with E-state index in [1.807, 2.05) is 42.5 Å². The predicted octanol–water partition coefficient (Wildman–Crippen LogP) is 3.94. The molecule has 176 valence electrons. The quantitative estimate of drug-likeness (QED) is 0.501. The first kappa shape index (κ1) is 23.3. The summed E-state index contributed by atoms with van der Waals surface area (Å²) in [6, 6.07) is 13.4. The lowest BCUT2D eigenvalue weighted by molar-refractivity contribution is 0.0976. The van der Waals surface area contributed by atoms with Gasteiger partial charge in [-0.3, -0.25) is 8.51 Å². The first-order valence-electron chi connectivity index (χ1n) is 11.1. The van der Waals surface area contributed by atoms with E-state index in [0.29, 0.717) is 51.3 Å². The van der Waals surface area contributed by atoms with Gasteiger partial charge in [0.25, 0.3) is 0 Å². The average Bonchev–Trinajstić information content (AvgIpc) is 3.34. The maximum absolute atomic E-state index is 12.3. The minimum Gasteiger partial charge on any atom is -0.755 e. The maximum atomic E-state index is 12.3. The Balaban J connectivity index is 1.54. The van der Waals surface area contributed by atoms with E-state index in [2.05, 4.69) is 5.32 Å². The van der Waals surface area contributed by atoms with Crippen LogP contribution in [-0.2, 0) is 29.1 Å². The molecule has 1 unspecified atom stereocenters. The second-order valence-electron chi connectivity index (χ2n) is 7.98. The van der Waals surface area contributed by atoms with E-state index >= 15 is 0 Å². The summed E-state index contributed by atoms with van der Waals surface area (Å²) in [4.78, 5) is 13.6. The summed E-state index contributed by atoms with van der Waals surface area (Å²) in [6.45, 7) is 4.35. The number of anilines is 1. The topological polar surface area (TPSA) is 98.1 Å². The number of likely N-dealkylation sites (tertiary alicyclic amines) is 1. The van der Waals surface area contributed by atoms with Crippen molar-refractivity contribution in [3.05, 3.63) is 66.1 Å². The van der Waals surface area contributed by atoms with E-state index < -0.39 is 11.3 Å². The lowest BCUT2D eigenvalue weighted by atomic mass is 10.00. The zero-order valence-corrected chi connectivity index (χ0v) is 19.4. The summed E-state index contributed by atoms with van der Waals surface area (Å²) in [5, 5.41) is 5.31. The number of carbonyl (C=O) groups excluding carboxylic acids is 1. The Morgan fingerprint density at radius 2 is 1.94 bits per heavy atom. The van der Waals surface area contributed by atoms with Gasteiger partial charge in [0.15, 0.2) is 0 Å². The van der Waals surface area contributed by atoms with E-state index in [9.17, 15) is 13.6 Å². The van der Waals surface area contributed by atoms with Gasteiger partial charge in [-0.15, -0.1) is 0 Å². The molecule has 1 saturated heterocycles. The molecule has 0 aliphatic carbocycles. The van der Waals surface area contributed by atoms with Crippen molar-refractivity contribution < 1.29 is 22.7 Å². The summed E-state index contributed by atoms with van der Waals surface area (Å²) in [6.07, 6.45) is 4.12. The van der Waals surface area contributed by atoms with E-state index in [4.69, 9.17) is 9.15 Å². The summed E-state index contributed by atoms with van der Waals surface area (Å²) < 4.78 is 36.3. The fourth-order valence-electron chi connectivity index (χ4n) is 4.32. The van der Waals surface area contributed by atoms with Crippen LogP contribution in [0.4, 0.5) is 10.5 Å². The minimum absolute atomic E-state index is 0.220. The molecule has 8 nitrogen and oxygen atoms in total. The second-order valence-corrected chi connectivity index (χ2v) is 8.81. The summed E-state index contributed by atoms with van der Waals surface area (Å²) in [5.41, 5.74) is 2.82. The minimum atomic E-state index is -2.44. The van der Waals surface area contributed by atoms with Crippen LogP contribution in [0.25, 0.3) is 10.8 Å². The van der Waals surface area contributed by atoms with Gasteiger partial charge in [0.2, 0.25) is 0 Å². The molecule has 0 saturated carbocycles. The molecule has 1 N–H and O–H groups in total. The van der Waals surface area contributed by atoms with E-state index in [1.165, 1.54) is 4.31 Å². The van der Waals surface area contributed by atoms with Gasteiger partial charge in [-0.25, -0.2) is 4.79 Å². The predicted molar refractivity (Wildman–Crippen MR) is 126 cm³/mol. The molecule has 1 aromatic heterocycles. The molecule has 9 heteroatoms. The Hall–Kier alpha value is -2.88. The van der Waals surface area contributed by atoms with Crippen molar-refractivity contribution in [1.82, 2.24) is 10.2 Å². The SMILES string of the molecule is CCOC(=O)N1CCC(N(c2ccc(CNCc3ccoc3)c3ccccc23)S(=O)[O-])CC1. The second kappa shape index (κ2) is 10.8. The first-order chi connectivity index (χ1) is 16.1. The van der Waals surface area contributed by atoms with Crippen LogP contribution in [0.15, 0.2) is 59.4 Å². The Kier molecular flexibility index (Phi) is 7.64. The Morgan fingerprint density at radius 3 is 2.61 bits per heavy atom. The number of hydrogen-bond donors (Lipinski definition) is 1. The Bertz CT molecular complexity index is 1100.